The smallest absolute Gasteiger partial charge is 0.339 e. The third kappa shape index (κ3) is 1.69. The lowest BCUT2D eigenvalue weighted by Crippen LogP contribution is -1.95. The van der Waals surface area contributed by atoms with Gasteiger partial charge in [-0.25, -0.2) is 4.79 Å². The molecule has 0 saturated carbocycles. The van der Waals surface area contributed by atoms with Gasteiger partial charge < -0.3 is 9.52 Å². The summed E-state index contributed by atoms with van der Waals surface area (Å²) in [5.41, 5.74) is 1.33. The molecule has 1 aromatic heterocycles. The number of furan rings is 1. The van der Waals surface area contributed by atoms with Crippen LogP contribution < -0.4 is 0 Å². The van der Waals surface area contributed by atoms with E-state index in [-0.39, 0.29) is 5.56 Å². The van der Waals surface area contributed by atoms with Crippen molar-refractivity contribution in [2.24, 2.45) is 0 Å². The predicted octanol–water partition coefficient (Wildman–Crippen LogP) is 5.59. The van der Waals surface area contributed by atoms with Crippen LogP contribution in [0.25, 0.3) is 43.5 Å². The van der Waals surface area contributed by atoms with Crippen molar-refractivity contribution in [3.63, 3.8) is 0 Å². The quantitative estimate of drug-likeness (QED) is 0.410. The Bertz CT molecular complexity index is 1280. The van der Waals surface area contributed by atoms with Gasteiger partial charge in [-0.2, -0.15) is 0 Å². The van der Waals surface area contributed by atoms with Gasteiger partial charge in [-0.1, -0.05) is 48.5 Å². The molecule has 0 unspecified atom stereocenters. The van der Waals surface area contributed by atoms with E-state index in [1.54, 1.807) is 12.1 Å². The lowest BCUT2D eigenvalue weighted by atomic mass is 10.00. The molecule has 1 N–H and O–H groups in total. The molecule has 3 nitrogen and oxygen atoms in total. The Labute approximate surface area is 136 Å². The Morgan fingerprint density at radius 1 is 0.750 bits per heavy atom. The molecule has 3 heteroatoms. The van der Waals surface area contributed by atoms with E-state index in [1.165, 1.54) is 5.39 Å². The maximum atomic E-state index is 11.4. The van der Waals surface area contributed by atoms with Crippen LogP contribution in [0, 0.1) is 0 Å². The lowest BCUT2D eigenvalue weighted by molar-refractivity contribution is 0.0698. The topological polar surface area (TPSA) is 50.4 Å². The zero-order valence-corrected chi connectivity index (χ0v) is 12.6. The summed E-state index contributed by atoms with van der Waals surface area (Å²) in [5, 5.41) is 15.7. The highest BCUT2D eigenvalue weighted by Crippen LogP contribution is 2.36. The lowest BCUT2D eigenvalue weighted by Gasteiger charge is -2.03. The molecule has 0 fully saturated rings. The average molecular weight is 312 g/mol. The van der Waals surface area contributed by atoms with Crippen LogP contribution in [0.4, 0.5) is 0 Å². The molecule has 114 valence electrons. The summed E-state index contributed by atoms with van der Waals surface area (Å²) >= 11 is 0. The minimum Gasteiger partial charge on any atom is -0.478 e. The molecule has 5 aromatic rings. The Balaban J connectivity index is 1.98. The molecule has 0 bridgehead atoms. The van der Waals surface area contributed by atoms with Crippen LogP contribution in [0.1, 0.15) is 10.4 Å². The molecule has 0 aliphatic heterocycles. The highest BCUT2D eigenvalue weighted by atomic mass is 16.4. The van der Waals surface area contributed by atoms with E-state index in [0.717, 1.165) is 26.9 Å². The number of fused-ring (bicyclic) bond motifs is 6. The van der Waals surface area contributed by atoms with Gasteiger partial charge in [0.05, 0.1) is 0 Å². The maximum absolute atomic E-state index is 11.4. The zero-order chi connectivity index (χ0) is 16.3. The highest BCUT2D eigenvalue weighted by molar-refractivity contribution is 6.18. The Morgan fingerprint density at radius 3 is 2.42 bits per heavy atom. The van der Waals surface area contributed by atoms with Gasteiger partial charge in [0.25, 0.3) is 0 Å². The van der Waals surface area contributed by atoms with Crippen molar-refractivity contribution >= 4 is 49.5 Å². The minimum atomic E-state index is -0.977. The van der Waals surface area contributed by atoms with E-state index < -0.39 is 5.97 Å². The molecule has 4 aromatic carbocycles. The zero-order valence-electron chi connectivity index (χ0n) is 12.6. The molecule has 5 rings (SSSR count). The average Bonchev–Trinajstić information content (AvgIpc) is 2.97. The number of hydrogen-bond acceptors (Lipinski definition) is 2. The molecule has 0 amide bonds. The van der Waals surface area contributed by atoms with Gasteiger partial charge in [0.1, 0.15) is 16.7 Å². The van der Waals surface area contributed by atoms with Crippen molar-refractivity contribution in [3.8, 4) is 0 Å². The number of hydrogen-bond donors (Lipinski definition) is 1. The first-order chi connectivity index (χ1) is 11.7. The van der Waals surface area contributed by atoms with Crippen LogP contribution in [-0.2, 0) is 0 Å². The first kappa shape index (κ1) is 13.1. The third-order valence-electron chi connectivity index (χ3n) is 4.59. The molecular formula is C21H12O3. The first-order valence-corrected chi connectivity index (χ1v) is 7.72. The van der Waals surface area contributed by atoms with Crippen LogP contribution >= 0.6 is 0 Å². The van der Waals surface area contributed by atoms with E-state index in [0.29, 0.717) is 11.2 Å². The summed E-state index contributed by atoms with van der Waals surface area (Å²) in [5.74, 6) is -0.977. The first-order valence-electron chi connectivity index (χ1n) is 7.72. The van der Waals surface area contributed by atoms with Gasteiger partial charge >= 0.3 is 5.97 Å². The summed E-state index contributed by atoms with van der Waals surface area (Å²) in [6.07, 6.45) is 0. The maximum Gasteiger partial charge on any atom is 0.339 e. The number of para-hydroxylation sites is 1. The van der Waals surface area contributed by atoms with Gasteiger partial charge in [0.15, 0.2) is 0 Å². The van der Waals surface area contributed by atoms with Gasteiger partial charge in [-0.3, -0.25) is 0 Å². The Hall–Kier alpha value is -3.33. The van der Waals surface area contributed by atoms with Gasteiger partial charge in [-0.15, -0.1) is 0 Å². The van der Waals surface area contributed by atoms with Gasteiger partial charge in [0, 0.05) is 10.8 Å². The monoisotopic (exact) mass is 312 g/mol. The second-order valence-electron chi connectivity index (χ2n) is 5.95. The third-order valence-corrected chi connectivity index (χ3v) is 4.59. The molecule has 24 heavy (non-hydrogen) atoms. The van der Waals surface area contributed by atoms with E-state index in [4.69, 9.17) is 4.42 Å². The standard InChI is InChI=1S/C21H12O3/c22-21(23)16-7-3-6-15-18-10-13-9-8-12-4-1-2-5-14(12)17(13)11-19(18)24-20(15)16/h1-11H,(H,22,23). The van der Waals surface area contributed by atoms with Crippen molar-refractivity contribution in [3.05, 3.63) is 72.3 Å². The predicted molar refractivity (Wildman–Crippen MR) is 95.7 cm³/mol. The normalized spacial score (nSPS) is 11.7. The van der Waals surface area contributed by atoms with Crippen molar-refractivity contribution in [1.29, 1.82) is 0 Å². The largest absolute Gasteiger partial charge is 0.478 e. The second kappa shape index (κ2) is 4.59. The van der Waals surface area contributed by atoms with E-state index in [9.17, 15) is 9.90 Å². The van der Waals surface area contributed by atoms with Crippen LogP contribution in [0.2, 0.25) is 0 Å². The summed E-state index contributed by atoms with van der Waals surface area (Å²) in [6.45, 7) is 0. The molecule has 0 spiro atoms. The summed E-state index contributed by atoms with van der Waals surface area (Å²) in [6, 6.07) is 21.7. The Morgan fingerprint density at radius 2 is 1.54 bits per heavy atom. The molecule has 0 atom stereocenters. The molecule has 0 radical (unpaired) electrons. The summed E-state index contributed by atoms with van der Waals surface area (Å²) in [4.78, 5) is 11.4. The fourth-order valence-electron chi connectivity index (χ4n) is 3.47. The second-order valence-corrected chi connectivity index (χ2v) is 5.95. The van der Waals surface area contributed by atoms with Gasteiger partial charge in [0.2, 0.25) is 0 Å². The number of rotatable bonds is 1. The number of aromatic carboxylic acids is 1. The minimum absolute atomic E-state index is 0.192. The fourth-order valence-corrected chi connectivity index (χ4v) is 3.47. The van der Waals surface area contributed by atoms with E-state index >= 15 is 0 Å². The summed E-state index contributed by atoms with van der Waals surface area (Å²) in [7, 11) is 0. The van der Waals surface area contributed by atoms with E-state index in [2.05, 4.69) is 30.3 Å². The van der Waals surface area contributed by atoms with Crippen molar-refractivity contribution in [2.45, 2.75) is 0 Å². The van der Waals surface area contributed by atoms with Crippen LogP contribution in [-0.4, -0.2) is 11.1 Å². The number of carboxylic acid groups (broad SMARTS) is 1. The molecule has 0 saturated heterocycles. The molecule has 0 aliphatic carbocycles. The highest BCUT2D eigenvalue weighted by Gasteiger charge is 2.15. The fraction of sp³-hybridized carbons (Fsp3) is 0. The van der Waals surface area contributed by atoms with Crippen molar-refractivity contribution < 1.29 is 14.3 Å². The molecular weight excluding hydrogens is 300 g/mol. The number of benzene rings is 4. The van der Waals surface area contributed by atoms with E-state index in [1.807, 2.05) is 24.3 Å². The van der Waals surface area contributed by atoms with Crippen LogP contribution in [0.15, 0.2) is 71.1 Å². The molecule has 0 aliphatic rings. The molecule has 1 heterocycles. The van der Waals surface area contributed by atoms with Crippen molar-refractivity contribution in [1.82, 2.24) is 0 Å². The van der Waals surface area contributed by atoms with Crippen LogP contribution in [0.3, 0.4) is 0 Å². The Kier molecular flexibility index (Phi) is 2.51. The SMILES string of the molecule is O=C(O)c1cccc2c1oc1cc3c(ccc4ccccc43)cc12. The van der Waals surface area contributed by atoms with Gasteiger partial charge in [-0.05, 0) is 39.7 Å². The summed E-state index contributed by atoms with van der Waals surface area (Å²) < 4.78 is 5.92. The number of carboxylic acids is 1. The van der Waals surface area contributed by atoms with Crippen LogP contribution in [0.5, 0.6) is 0 Å². The number of carbonyl (C=O) groups is 1. The van der Waals surface area contributed by atoms with Crippen molar-refractivity contribution in [2.75, 3.05) is 0 Å².